The Balaban J connectivity index is 2.02. The molecule has 2 amide bonds. The Bertz CT molecular complexity index is 524. The highest BCUT2D eigenvalue weighted by Crippen LogP contribution is 2.29. The molecular formula is C15H20N2O3. The Hall–Kier alpha value is -2.04. The second kappa shape index (κ2) is 5.94. The molecule has 1 saturated carbocycles. The number of amides is 2. The number of carboxylic acids is 1. The van der Waals surface area contributed by atoms with E-state index in [0.717, 1.165) is 24.0 Å². The number of rotatable bonds is 5. The molecule has 0 heterocycles. The molecule has 1 aromatic rings. The number of carboxylic acid groups (broad SMARTS) is 1. The fraction of sp³-hybridized carbons (Fsp3) is 0.467. The average Bonchev–Trinajstić information content (AvgIpc) is 3.16. The summed E-state index contributed by atoms with van der Waals surface area (Å²) in [5.74, 6) is -0.527. The van der Waals surface area contributed by atoms with Gasteiger partial charge in [-0.15, -0.1) is 0 Å². The van der Waals surface area contributed by atoms with Crippen LogP contribution in [0.25, 0.3) is 0 Å². The standard InChI is InChI=1S/C15H20N2O3/c1-10-3-6-13(7-11(10)2)16-15(20)17(9-14(18)19)8-12-4-5-12/h3,6-7,12H,4-5,8-9H2,1-2H3,(H,16,20)(H,18,19). The van der Waals surface area contributed by atoms with E-state index < -0.39 is 5.97 Å². The van der Waals surface area contributed by atoms with E-state index in [2.05, 4.69) is 5.32 Å². The van der Waals surface area contributed by atoms with Crippen LogP contribution in [0.15, 0.2) is 18.2 Å². The zero-order valence-corrected chi connectivity index (χ0v) is 11.8. The van der Waals surface area contributed by atoms with Crippen molar-refractivity contribution in [1.29, 1.82) is 0 Å². The first-order chi connectivity index (χ1) is 9.45. The van der Waals surface area contributed by atoms with E-state index in [9.17, 15) is 9.59 Å². The van der Waals surface area contributed by atoms with E-state index in [1.165, 1.54) is 4.90 Å². The van der Waals surface area contributed by atoms with Gasteiger partial charge in [0.25, 0.3) is 0 Å². The van der Waals surface area contributed by atoms with E-state index in [1.807, 2.05) is 32.0 Å². The third-order valence-electron chi connectivity index (χ3n) is 3.55. The van der Waals surface area contributed by atoms with Gasteiger partial charge in [-0.3, -0.25) is 4.79 Å². The smallest absolute Gasteiger partial charge is 0.323 e. The molecule has 0 bridgehead atoms. The molecule has 0 atom stereocenters. The molecule has 5 nitrogen and oxygen atoms in total. The molecule has 1 fully saturated rings. The molecule has 0 aliphatic heterocycles. The van der Waals surface area contributed by atoms with E-state index in [4.69, 9.17) is 5.11 Å². The first kappa shape index (κ1) is 14.4. The SMILES string of the molecule is Cc1ccc(NC(=O)N(CC(=O)O)CC2CC2)cc1C. The van der Waals surface area contributed by atoms with Crippen molar-refractivity contribution < 1.29 is 14.7 Å². The number of nitrogens with one attached hydrogen (secondary N) is 1. The second-order valence-corrected chi connectivity index (χ2v) is 5.45. The lowest BCUT2D eigenvalue weighted by atomic mass is 10.1. The molecular weight excluding hydrogens is 256 g/mol. The molecule has 1 aromatic carbocycles. The van der Waals surface area contributed by atoms with Gasteiger partial charge in [0.2, 0.25) is 0 Å². The lowest BCUT2D eigenvalue weighted by molar-refractivity contribution is -0.137. The Kier molecular flexibility index (Phi) is 4.27. The summed E-state index contributed by atoms with van der Waals surface area (Å²) in [4.78, 5) is 24.4. The lowest BCUT2D eigenvalue weighted by Gasteiger charge is -2.21. The Morgan fingerprint density at radius 1 is 1.30 bits per heavy atom. The normalized spacial score (nSPS) is 13.9. The van der Waals surface area contributed by atoms with Crippen molar-refractivity contribution in [2.24, 2.45) is 5.92 Å². The molecule has 0 radical (unpaired) electrons. The number of aryl methyl sites for hydroxylation is 2. The van der Waals surface area contributed by atoms with E-state index in [-0.39, 0.29) is 12.6 Å². The highest BCUT2D eigenvalue weighted by molar-refractivity contribution is 5.91. The van der Waals surface area contributed by atoms with Crippen LogP contribution in [0.3, 0.4) is 0 Å². The third-order valence-corrected chi connectivity index (χ3v) is 3.55. The fourth-order valence-electron chi connectivity index (χ4n) is 2.02. The lowest BCUT2D eigenvalue weighted by Crippen LogP contribution is -2.40. The van der Waals surface area contributed by atoms with Crippen LogP contribution in [0.2, 0.25) is 0 Å². The maximum Gasteiger partial charge on any atom is 0.323 e. The fourth-order valence-corrected chi connectivity index (χ4v) is 2.02. The van der Waals surface area contributed by atoms with Gasteiger partial charge in [0.05, 0.1) is 0 Å². The topological polar surface area (TPSA) is 69.6 Å². The van der Waals surface area contributed by atoms with Crippen LogP contribution in [0.5, 0.6) is 0 Å². The molecule has 1 aliphatic rings. The summed E-state index contributed by atoms with van der Waals surface area (Å²) in [6.07, 6.45) is 2.15. The summed E-state index contributed by atoms with van der Waals surface area (Å²) in [5, 5.41) is 11.7. The molecule has 1 aliphatic carbocycles. The predicted octanol–water partition coefficient (Wildman–Crippen LogP) is 2.63. The van der Waals surface area contributed by atoms with Gasteiger partial charge in [-0.05, 0) is 55.9 Å². The van der Waals surface area contributed by atoms with Gasteiger partial charge in [0, 0.05) is 12.2 Å². The molecule has 2 rings (SSSR count). The number of anilines is 1. The van der Waals surface area contributed by atoms with Crippen LogP contribution in [-0.2, 0) is 4.79 Å². The number of hydrogen-bond donors (Lipinski definition) is 2. The molecule has 108 valence electrons. The van der Waals surface area contributed by atoms with Crippen LogP contribution in [0.4, 0.5) is 10.5 Å². The van der Waals surface area contributed by atoms with Gasteiger partial charge in [0.1, 0.15) is 6.54 Å². The number of nitrogens with zero attached hydrogens (tertiary/aromatic N) is 1. The van der Waals surface area contributed by atoms with Crippen molar-refractivity contribution in [2.45, 2.75) is 26.7 Å². The van der Waals surface area contributed by atoms with Gasteiger partial charge in [-0.25, -0.2) is 4.79 Å². The number of carbonyl (C=O) groups is 2. The van der Waals surface area contributed by atoms with Crippen LogP contribution in [0.1, 0.15) is 24.0 Å². The van der Waals surface area contributed by atoms with Crippen molar-refractivity contribution in [3.05, 3.63) is 29.3 Å². The number of carbonyl (C=O) groups excluding carboxylic acids is 1. The predicted molar refractivity (Wildman–Crippen MR) is 76.9 cm³/mol. The zero-order chi connectivity index (χ0) is 14.7. The van der Waals surface area contributed by atoms with Gasteiger partial charge >= 0.3 is 12.0 Å². The first-order valence-electron chi connectivity index (χ1n) is 6.80. The molecule has 5 heteroatoms. The van der Waals surface area contributed by atoms with E-state index >= 15 is 0 Å². The maximum atomic E-state index is 12.2. The summed E-state index contributed by atoms with van der Waals surface area (Å²) in [7, 11) is 0. The van der Waals surface area contributed by atoms with Crippen molar-refractivity contribution in [3.8, 4) is 0 Å². The number of urea groups is 1. The number of benzene rings is 1. The Morgan fingerprint density at radius 3 is 2.55 bits per heavy atom. The van der Waals surface area contributed by atoms with Gasteiger partial charge in [0.15, 0.2) is 0 Å². The van der Waals surface area contributed by atoms with Crippen molar-refractivity contribution in [1.82, 2.24) is 4.90 Å². The van der Waals surface area contributed by atoms with Crippen molar-refractivity contribution in [3.63, 3.8) is 0 Å². The van der Waals surface area contributed by atoms with E-state index in [1.54, 1.807) is 0 Å². The summed E-state index contributed by atoms with van der Waals surface area (Å²) in [6.45, 7) is 4.24. The molecule has 2 N–H and O–H groups in total. The first-order valence-corrected chi connectivity index (χ1v) is 6.80. The maximum absolute atomic E-state index is 12.2. The summed E-state index contributed by atoms with van der Waals surface area (Å²) in [5.41, 5.74) is 2.95. The van der Waals surface area contributed by atoms with Crippen LogP contribution in [-0.4, -0.2) is 35.1 Å². The second-order valence-electron chi connectivity index (χ2n) is 5.45. The van der Waals surface area contributed by atoms with E-state index in [0.29, 0.717) is 18.2 Å². The molecule has 0 aromatic heterocycles. The van der Waals surface area contributed by atoms with Crippen molar-refractivity contribution >= 4 is 17.7 Å². The highest BCUT2D eigenvalue weighted by Gasteiger charge is 2.28. The van der Waals surface area contributed by atoms with Crippen LogP contribution in [0, 0.1) is 19.8 Å². The van der Waals surface area contributed by atoms with Crippen LogP contribution >= 0.6 is 0 Å². The summed E-state index contributed by atoms with van der Waals surface area (Å²) in [6, 6.07) is 5.31. The number of aliphatic carboxylic acids is 1. The monoisotopic (exact) mass is 276 g/mol. The molecule has 20 heavy (non-hydrogen) atoms. The number of hydrogen-bond acceptors (Lipinski definition) is 2. The average molecular weight is 276 g/mol. The largest absolute Gasteiger partial charge is 0.480 e. The quantitative estimate of drug-likeness (QED) is 0.868. The van der Waals surface area contributed by atoms with Gasteiger partial charge in [-0.2, -0.15) is 0 Å². The minimum atomic E-state index is -0.985. The summed E-state index contributed by atoms with van der Waals surface area (Å²) >= 11 is 0. The van der Waals surface area contributed by atoms with Gasteiger partial charge < -0.3 is 15.3 Å². The minimum Gasteiger partial charge on any atom is -0.480 e. The van der Waals surface area contributed by atoms with Crippen molar-refractivity contribution in [2.75, 3.05) is 18.4 Å². The summed E-state index contributed by atoms with van der Waals surface area (Å²) < 4.78 is 0. The third kappa shape index (κ3) is 3.98. The molecule has 0 unspecified atom stereocenters. The Labute approximate surface area is 118 Å². The zero-order valence-electron chi connectivity index (χ0n) is 11.8. The highest BCUT2D eigenvalue weighted by atomic mass is 16.4. The molecule has 0 spiro atoms. The van der Waals surface area contributed by atoms with Gasteiger partial charge in [-0.1, -0.05) is 6.07 Å². The molecule has 0 saturated heterocycles. The minimum absolute atomic E-state index is 0.257. The Morgan fingerprint density at radius 2 is 2.00 bits per heavy atom. The van der Waals surface area contributed by atoms with Crippen LogP contribution < -0.4 is 5.32 Å².